The zero-order valence-corrected chi connectivity index (χ0v) is 9.63. The fourth-order valence-corrected chi connectivity index (χ4v) is 2.13. The van der Waals surface area contributed by atoms with Crippen LogP contribution in [-0.4, -0.2) is 16.3 Å². The van der Waals surface area contributed by atoms with Crippen LogP contribution in [0.15, 0.2) is 29.9 Å². The van der Waals surface area contributed by atoms with Crippen LogP contribution >= 0.6 is 11.3 Å². The molecule has 3 nitrogen and oxygen atoms in total. The van der Waals surface area contributed by atoms with E-state index in [1.807, 2.05) is 17.9 Å². The molecule has 0 spiro atoms. The molecule has 15 heavy (non-hydrogen) atoms. The maximum absolute atomic E-state index is 4.14. The Morgan fingerprint density at radius 2 is 2.47 bits per heavy atom. The summed E-state index contributed by atoms with van der Waals surface area (Å²) in [4.78, 5) is 1.39. The van der Waals surface area contributed by atoms with Gasteiger partial charge in [0.05, 0.1) is 6.20 Å². The van der Waals surface area contributed by atoms with E-state index in [-0.39, 0.29) is 0 Å². The molecule has 0 aliphatic rings. The van der Waals surface area contributed by atoms with Gasteiger partial charge in [0.2, 0.25) is 0 Å². The smallest absolute Gasteiger partial charge is 0.0522 e. The van der Waals surface area contributed by atoms with Crippen molar-refractivity contribution in [3.8, 4) is 0 Å². The highest BCUT2D eigenvalue weighted by Crippen LogP contribution is 2.07. The number of aromatic nitrogens is 2. The Kier molecular flexibility index (Phi) is 3.53. The lowest BCUT2D eigenvalue weighted by atomic mass is 10.2. The van der Waals surface area contributed by atoms with Gasteiger partial charge in [-0.2, -0.15) is 5.10 Å². The van der Waals surface area contributed by atoms with Crippen LogP contribution in [0.1, 0.15) is 10.4 Å². The fourth-order valence-electron chi connectivity index (χ4n) is 1.46. The molecule has 2 aromatic rings. The summed E-state index contributed by atoms with van der Waals surface area (Å²) in [6.45, 7) is 1.97. The van der Waals surface area contributed by atoms with Crippen molar-refractivity contribution in [2.75, 3.05) is 6.54 Å². The van der Waals surface area contributed by atoms with Crippen LogP contribution in [0.2, 0.25) is 0 Å². The van der Waals surface area contributed by atoms with E-state index in [0.29, 0.717) is 0 Å². The third-order valence-corrected chi connectivity index (χ3v) is 3.10. The van der Waals surface area contributed by atoms with Crippen molar-refractivity contribution in [1.29, 1.82) is 0 Å². The Morgan fingerprint density at radius 1 is 1.53 bits per heavy atom. The lowest BCUT2D eigenvalue weighted by Gasteiger charge is -2.00. The van der Waals surface area contributed by atoms with E-state index in [9.17, 15) is 0 Å². The molecule has 0 aromatic carbocycles. The predicted molar refractivity (Wildman–Crippen MR) is 62.9 cm³/mol. The van der Waals surface area contributed by atoms with Crippen LogP contribution in [0.3, 0.4) is 0 Å². The SMILES string of the molecule is Cn1cc(CCNCc2cccs2)cn1. The second-order valence-electron chi connectivity index (χ2n) is 3.53. The van der Waals surface area contributed by atoms with Crippen molar-refractivity contribution in [2.24, 2.45) is 7.05 Å². The van der Waals surface area contributed by atoms with Gasteiger partial charge in [0.25, 0.3) is 0 Å². The molecule has 0 aliphatic carbocycles. The number of nitrogens with one attached hydrogen (secondary N) is 1. The number of hydrogen-bond acceptors (Lipinski definition) is 3. The van der Waals surface area contributed by atoms with Crippen molar-refractivity contribution >= 4 is 11.3 Å². The number of thiophene rings is 1. The van der Waals surface area contributed by atoms with E-state index >= 15 is 0 Å². The summed E-state index contributed by atoms with van der Waals surface area (Å²) in [5.74, 6) is 0. The molecule has 0 atom stereocenters. The second kappa shape index (κ2) is 5.09. The highest BCUT2D eigenvalue weighted by Gasteiger charge is 1.96. The fraction of sp³-hybridized carbons (Fsp3) is 0.364. The minimum Gasteiger partial charge on any atom is -0.312 e. The molecule has 2 heterocycles. The standard InChI is InChI=1S/C11H15N3S/c1-14-9-10(7-13-14)4-5-12-8-11-3-2-6-15-11/h2-3,6-7,9,12H,4-5,8H2,1H3. The Hall–Kier alpha value is -1.13. The van der Waals surface area contributed by atoms with E-state index in [4.69, 9.17) is 0 Å². The van der Waals surface area contributed by atoms with Gasteiger partial charge < -0.3 is 5.32 Å². The van der Waals surface area contributed by atoms with Crippen LogP contribution in [0, 0.1) is 0 Å². The normalized spacial score (nSPS) is 10.7. The van der Waals surface area contributed by atoms with Crippen molar-refractivity contribution in [3.63, 3.8) is 0 Å². The monoisotopic (exact) mass is 221 g/mol. The minimum atomic E-state index is 0.970. The average molecular weight is 221 g/mol. The minimum absolute atomic E-state index is 0.970. The number of rotatable bonds is 5. The molecule has 80 valence electrons. The second-order valence-corrected chi connectivity index (χ2v) is 4.56. The molecule has 0 bridgehead atoms. The van der Waals surface area contributed by atoms with E-state index in [2.05, 4.69) is 34.1 Å². The molecule has 0 saturated heterocycles. The van der Waals surface area contributed by atoms with Crippen LogP contribution in [0.5, 0.6) is 0 Å². The number of nitrogens with zero attached hydrogens (tertiary/aromatic N) is 2. The highest BCUT2D eigenvalue weighted by molar-refractivity contribution is 7.09. The third-order valence-electron chi connectivity index (χ3n) is 2.23. The first-order chi connectivity index (χ1) is 7.34. The van der Waals surface area contributed by atoms with Gasteiger partial charge in [0.1, 0.15) is 0 Å². The van der Waals surface area contributed by atoms with Gasteiger partial charge in [-0.3, -0.25) is 4.68 Å². The molecule has 0 saturated carbocycles. The quantitative estimate of drug-likeness (QED) is 0.780. The van der Waals surface area contributed by atoms with E-state index in [1.165, 1.54) is 10.4 Å². The van der Waals surface area contributed by atoms with Gasteiger partial charge in [0, 0.05) is 24.7 Å². The maximum Gasteiger partial charge on any atom is 0.0522 e. The van der Waals surface area contributed by atoms with Gasteiger partial charge in [-0.25, -0.2) is 0 Å². The lowest BCUT2D eigenvalue weighted by Crippen LogP contribution is -2.15. The van der Waals surface area contributed by atoms with E-state index in [0.717, 1.165) is 19.5 Å². The van der Waals surface area contributed by atoms with Gasteiger partial charge in [-0.1, -0.05) is 6.07 Å². The van der Waals surface area contributed by atoms with Gasteiger partial charge >= 0.3 is 0 Å². The zero-order chi connectivity index (χ0) is 10.5. The molecule has 2 rings (SSSR count). The average Bonchev–Trinajstić information content (AvgIpc) is 2.84. The molecular formula is C11H15N3S. The van der Waals surface area contributed by atoms with E-state index < -0.39 is 0 Å². The van der Waals surface area contributed by atoms with Gasteiger partial charge in [0.15, 0.2) is 0 Å². The molecule has 0 fully saturated rings. The van der Waals surface area contributed by atoms with Gasteiger partial charge in [-0.15, -0.1) is 11.3 Å². The summed E-state index contributed by atoms with van der Waals surface area (Å²) in [7, 11) is 1.95. The zero-order valence-electron chi connectivity index (χ0n) is 8.81. The number of aryl methyl sites for hydroxylation is 1. The van der Waals surface area contributed by atoms with Gasteiger partial charge in [-0.05, 0) is 30.0 Å². The Morgan fingerprint density at radius 3 is 3.13 bits per heavy atom. The third kappa shape index (κ3) is 3.18. The van der Waals surface area contributed by atoms with Crippen LogP contribution in [-0.2, 0) is 20.0 Å². The topological polar surface area (TPSA) is 29.9 Å². The summed E-state index contributed by atoms with van der Waals surface area (Å²) in [5, 5.41) is 9.66. The first-order valence-electron chi connectivity index (χ1n) is 5.05. The van der Waals surface area contributed by atoms with Crippen molar-refractivity contribution in [1.82, 2.24) is 15.1 Å². The van der Waals surface area contributed by atoms with Crippen LogP contribution in [0.25, 0.3) is 0 Å². The molecule has 0 radical (unpaired) electrons. The first-order valence-corrected chi connectivity index (χ1v) is 5.93. The Bertz CT molecular complexity index is 392. The molecule has 2 aromatic heterocycles. The molecule has 4 heteroatoms. The highest BCUT2D eigenvalue weighted by atomic mass is 32.1. The lowest BCUT2D eigenvalue weighted by molar-refractivity contribution is 0.693. The summed E-state index contributed by atoms with van der Waals surface area (Å²) in [6, 6.07) is 4.24. The van der Waals surface area contributed by atoms with Crippen molar-refractivity contribution in [2.45, 2.75) is 13.0 Å². The first kappa shape index (κ1) is 10.4. The van der Waals surface area contributed by atoms with Crippen molar-refractivity contribution < 1.29 is 0 Å². The largest absolute Gasteiger partial charge is 0.312 e. The molecule has 0 unspecified atom stereocenters. The summed E-state index contributed by atoms with van der Waals surface area (Å²) in [5.41, 5.74) is 1.29. The molecule has 0 amide bonds. The molecule has 0 aliphatic heterocycles. The van der Waals surface area contributed by atoms with Crippen molar-refractivity contribution in [3.05, 3.63) is 40.3 Å². The van der Waals surface area contributed by atoms with Crippen LogP contribution in [0.4, 0.5) is 0 Å². The Labute approximate surface area is 93.7 Å². The molecule has 1 N–H and O–H groups in total. The summed E-state index contributed by atoms with van der Waals surface area (Å²) < 4.78 is 1.84. The maximum atomic E-state index is 4.14. The van der Waals surface area contributed by atoms with E-state index in [1.54, 1.807) is 11.3 Å². The number of hydrogen-bond donors (Lipinski definition) is 1. The van der Waals surface area contributed by atoms with Crippen LogP contribution < -0.4 is 5.32 Å². The summed E-state index contributed by atoms with van der Waals surface area (Å²) >= 11 is 1.79. The summed E-state index contributed by atoms with van der Waals surface area (Å²) in [6.07, 6.45) is 5.03. The predicted octanol–water partition coefficient (Wildman–Crippen LogP) is 1.81. The molecular weight excluding hydrogens is 206 g/mol. The Balaban J connectivity index is 1.67.